The summed E-state index contributed by atoms with van der Waals surface area (Å²) in [6.07, 6.45) is 0.815. The molecule has 0 radical (unpaired) electrons. The van der Waals surface area contributed by atoms with Gasteiger partial charge in [0.15, 0.2) is 5.84 Å². The summed E-state index contributed by atoms with van der Waals surface area (Å²) >= 11 is 0. The Kier molecular flexibility index (Phi) is 7.29. The molecule has 5 heteroatoms. The second kappa shape index (κ2) is 9.69. The monoisotopic (exact) mass is 341 g/mol. The second-order valence-electron chi connectivity index (χ2n) is 5.99. The Bertz CT molecular complexity index is 654. The van der Waals surface area contributed by atoms with Gasteiger partial charge in [-0.3, -0.25) is 0 Å². The van der Waals surface area contributed by atoms with E-state index in [1.54, 1.807) is 7.11 Å². The van der Waals surface area contributed by atoms with Gasteiger partial charge >= 0.3 is 0 Å². The summed E-state index contributed by atoms with van der Waals surface area (Å²) in [5, 5.41) is 7.42. The molecule has 2 aromatic rings. The van der Waals surface area contributed by atoms with E-state index in [4.69, 9.17) is 9.57 Å². The maximum absolute atomic E-state index is 5.84. The molecular formula is C20H27N3O2. The first-order valence-corrected chi connectivity index (χ1v) is 8.35. The number of ether oxygens (including phenoxy) is 1. The van der Waals surface area contributed by atoms with E-state index in [-0.39, 0.29) is 6.04 Å². The molecular weight excluding hydrogens is 314 g/mol. The lowest BCUT2D eigenvalue weighted by atomic mass is 10.0. The van der Waals surface area contributed by atoms with Crippen LogP contribution < -0.4 is 10.1 Å². The summed E-state index contributed by atoms with van der Waals surface area (Å²) in [7, 11) is 7.41. The van der Waals surface area contributed by atoms with Crippen molar-refractivity contribution in [1.82, 2.24) is 10.2 Å². The Morgan fingerprint density at radius 1 is 1.04 bits per heavy atom. The first-order chi connectivity index (χ1) is 12.1. The van der Waals surface area contributed by atoms with Crippen molar-refractivity contribution in [1.29, 1.82) is 0 Å². The van der Waals surface area contributed by atoms with Crippen LogP contribution in [0.5, 0.6) is 5.75 Å². The van der Waals surface area contributed by atoms with E-state index in [1.165, 1.54) is 5.56 Å². The Hall–Kier alpha value is -2.53. The lowest BCUT2D eigenvalue weighted by molar-refractivity contribution is 0.205. The summed E-state index contributed by atoms with van der Waals surface area (Å²) in [6, 6.07) is 18.4. The Balaban J connectivity index is 1.97. The predicted molar refractivity (Wildman–Crippen MR) is 102 cm³/mol. The third-order valence-corrected chi connectivity index (χ3v) is 3.91. The van der Waals surface area contributed by atoms with Crippen molar-refractivity contribution in [3.63, 3.8) is 0 Å². The molecule has 0 saturated heterocycles. The van der Waals surface area contributed by atoms with E-state index in [0.29, 0.717) is 6.61 Å². The Labute approximate surface area is 150 Å². The third kappa shape index (κ3) is 5.80. The molecule has 0 aliphatic carbocycles. The van der Waals surface area contributed by atoms with Crippen LogP contribution in [0.3, 0.4) is 0 Å². The molecule has 0 aromatic heterocycles. The topological polar surface area (TPSA) is 46.1 Å². The zero-order valence-electron chi connectivity index (χ0n) is 15.4. The van der Waals surface area contributed by atoms with Crippen LogP contribution in [0.15, 0.2) is 59.8 Å². The van der Waals surface area contributed by atoms with Crippen LogP contribution in [0, 0.1) is 0 Å². The fraction of sp³-hybridized carbons (Fsp3) is 0.350. The minimum absolute atomic E-state index is 0.0750. The van der Waals surface area contributed by atoms with Crippen molar-refractivity contribution in [2.45, 2.75) is 19.1 Å². The van der Waals surface area contributed by atoms with Gasteiger partial charge in [-0.15, -0.1) is 0 Å². The number of amidine groups is 1. The van der Waals surface area contributed by atoms with Crippen molar-refractivity contribution in [2.24, 2.45) is 5.16 Å². The van der Waals surface area contributed by atoms with Crippen molar-refractivity contribution in [2.75, 3.05) is 28.3 Å². The first kappa shape index (κ1) is 18.8. The van der Waals surface area contributed by atoms with E-state index in [2.05, 4.69) is 34.7 Å². The van der Waals surface area contributed by atoms with Crippen LogP contribution >= 0.6 is 0 Å². The lowest BCUT2D eigenvalue weighted by Crippen LogP contribution is -2.43. The minimum Gasteiger partial charge on any atom is -0.489 e. The van der Waals surface area contributed by atoms with Crippen LogP contribution in [0.2, 0.25) is 0 Å². The van der Waals surface area contributed by atoms with Gasteiger partial charge in [0, 0.05) is 14.1 Å². The molecule has 2 aromatic carbocycles. The molecule has 1 atom stereocenters. The fourth-order valence-electron chi connectivity index (χ4n) is 2.57. The highest BCUT2D eigenvalue weighted by Crippen LogP contribution is 2.16. The molecule has 1 unspecified atom stereocenters. The van der Waals surface area contributed by atoms with Crippen LogP contribution in [0.4, 0.5) is 0 Å². The average molecular weight is 341 g/mol. The molecule has 1 N–H and O–H groups in total. The Morgan fingerprint density at radius 3 is 2.28 bits per heavy atom. The van der Waals surface area contributed by atoms with E-state index in [9.17, 15) is 0 Å². The number of oxime groups is 1. The van der Waals surface area contributed by atoms with Crippen molar-refractivity contribution in [3.05, 3.63) is 65.7 Å². The Morgan fingerprint density at radius 2 is 1.72 bits per heavy atom. The molecule has 5 nitrogen and oxygen atoms in total. The standard InChI is InChI=1S/C20H27N3O2/c1-21-19(20(22-24-4)23(2)3)14-16-10-12-18(13-11-16)25-15-17-8-6-5-7-9-17/h5-13,19,21H,14-15H2,1-4H3/b22-20-. The average Bonchev–Trinajstić information content (AvgIpc) is 2.64. The van der Waals surface area contributed by atoms with Gasteiger partial charge in [0.2, 0.25) is 0 Å². The molecule has 2 rings (SSSR count). The quantitative estimate of drug-likeness (QED) is 0.456. The fourth-order valence-corrected chi connectivity index (χ4v) is 2.57. The van der Waals surface area contributed by atoms with E-state index < -0.39 is 0 Å². The smallest absolute Gasteiger partial charge is 0.161 e. The van der Waals surface area contributed by atoms with Gasteiger partial charge in [0.25, 0.3) is 0 Å². The molecule has 0 spiro atoms. The molecule has 0 fully saturated rings. The van der Waals surface area contributed by atoms with Crippen molar-refractivity contribution >= 4 is 5.84 Å². The SMILES string of the molecule is CNC(Cc1ccc(OCc2ccccc2)cc1)/C(=N/OC)N(C)C. The number of nitrogens with zero attached hydrogens (tertiary/aromatic N) is 2. The summed E-state index contributed by atoms with van der Waals surface area (Å²) in [4.78, 5) is 6.93. The highest BCUT2D eigenvalue weighted by molar-refractivity contribution is 5.87. The van der Waals surface area contributed by atoms with Crippen molar-refractivity contribution in [3.8, 4) is 5.75 Å². The zero-order valence-corrected chi connectivity index (χ0v) is 15.4. The van der Waals surface area contributed by atoms with Crippen molar-refractivity contribution < 1.29 is 9.57 Å². The number of hydrogen-bond donors (Lipinski definition) is 1. The molecule has 134 valence electrons. The molecule has 0 aliphatic heterocycles. The largest absolute Gasteiger partial charge is 0.489 e. The van der Waals surface area contributed by atoms with Gasteiger partial charge < -0.3 is 19.8 Å². The normalized spacial score (nSPS) is 12.6. The number of rotatable bonds is 8. The number of likely N-dealkylation sites (N-methyl/N-ethyl adjacent to an activating group) is 2. The van der Waals surface area contributed by atoms with E-state index in [1.807, 2.05) is 56.4 Å². The molecule has 0 bridgehead atoms. The number of nitrogens with one attached hydrogen (secondary N) is 1. The van der Waals surface area contributed by atoms with Gasteiger partial charge in [0.05, 0.1) is 6.04 Å². The maximum atomic E-state index is 5.84. The molecule has 0 saturated carbocycles. The van der Waals surface area contributed by atoms with Crippen LogP contribution in [-0.4, -0.2) is 45.0 Å². The highest BCUT2D eigenvalue weighted by Gasteiger charge is 2.17. The minimum atomic E-state index is 0.0750. The summed E-state index contributed by atoms with van der Waals surface area (Å²) in [5.74, 6) is 1.72. The van der Waals surface area contributed by atoms with E-state index >= 15 is 0 Å². The summed E-state index contributed by atoms with van der Waals surface area (Å²) in [6.45, 7) is 0.574. The van der Waals surface area contributed by atoms with Gasteiger partial charge in [-0.2, -0.15) is 0 Å². The van der Waals surface area contributed by atoms with Gasteiger partial charge in [-0.05, 0) is 36.7 Å². The lowest BCUT2D eigenvalue weighted by Gasteiger charge is -2.23. The summed E-state index contributed by atoms with van der Waals surface area (Å²) in [5.41, 5.74) is 2.37. The molecule has 0 heterocycles. The van der Waals surface area contributed by atoms with Crippen LogP contribution in [0.1, 0.15) is 11.1 Å². The second-order valence-corrected chi connectivity index (χ2v) is 5.99. The molecule has 0 amide bonds. The summed E-state index contributed by atoms with van der Waals surface area (Å²) < 4.78 is 5.84. The van der Waals surface area contributed by atoms with Gasteiger partial charge in [-0.1, -0.05) is 47.6 Å². The van der Waals surface area contributed by atoms with Gasteiger partial charge in [-0.25, -0.2) is 0 Å². The first-order valence-electron chi connectivity index (χ1n) is 8.35. The van der Waals surface area contributed by atoms with E-state index in [0.717, 1.165) is 23.6 Å². The van der Waals surface area contributed by atoms with Gasteiger partial charge in [0.1, 0.15) is 19.5 Å². The molecule has 0 aliphatic rings. The number of benzene rings is 2. The highest BCUT2D eigenvalue weighted by atomic mass is 16.6. The van der Waals surface area contributed by atoms with Crippen LogP contribution in [0.25, 0.3) is 0 Å². The molecule has 25 heavy (non-hydrogen) atoms. The third-order valence-electron chi connectivity index (χ3n) is 3.91. The predicted octanol–water partition coefficient (Wildman–Crippen LogP) is 2.92. The number of hydrogen-bond acceptors (Lipinski definition) is 4. The zero-order chi connectivity index (χ0) is 18.1. The maximum Gasteiger partial charge on any atom is 0.161 e. The van der Waals surface area contributed by atoms with Crippen LogP contribution in [-0.2, 0) is 17.9 Å².